The van der Waals surface area contributed by atoms with Crippen molar-refractivity contribution < 1.29 is 0 Å². The third kappa shape index (κ3) is 8.06. The Hall–Kier alpha value is -0.340. The lowest BCUT2D eigenvalue weighted by Gasteiger charge is -2.24. The largest absolute Gasteiger partial charge is 0.355 e. The first kappa shape index (κ1) is 19.7. The zero-order valence-electron chi connectivity index (χ0n) is 13.1. The fourth-order valence-corrected chi connectivity index (χ4v) is 2.39. The molecule has 116 valence electrons. The van der Waals surface area contributed by atoms with Crippen molar-refractivity contribution >= 4 is 41.3 Å². The standard InChI is InChI=1S/C14H26N4S.HI/c1-14(2,3)17-8-7-16-13(15-4)18(5)10-12-6-9-19-11-12;/h6,9,11,17H,7-8,10H2,1-5H3,(H,15,16);1H. The zero-order valence-corrected chi connectivity index (χ0v) is 16.2. The van der Waals surface area contributed by atoms with Crippen molar-refractivity contribution in [2.24, 2.45) is 4.99 Å². The van der Waals surface area contributed by atoms with Crippen molar-refractivity contribution in [1.29, 1.82) is 0 Å². The lowest BCUT2D eigenvalue weighted by atomic mass is 10.1. The Labute approximate surface area is 144 Å². The number of guanidine groups is 1. The zero-order chi connectivity index (χ0) is 14.3. The molecule has 1 rings (SSSR count). The van der Waals surface area contributed by atoms with Gasteiger partial charge in [0.05, 0.1) is 0 Å². The molecule has 0 spiro atoms. The molecule has 1 aromatic rings. The average molecular weight is 410 g/mol. The third-order valence-corrected chi connectivity index (χ3v) is 3.37. The molecule has 6 heteroatoms. The number of nitrogens with one attached hydrogen (secondary N) is 2. The number of aliphatic imine (C=N–C) groups is 1. The smallest absolute Gasteiger partial charge is 0.193 e. The number of thiophene rings is 1. The number of halogens is 1. The van der Waals surface area contributed by atoms with E-state index >= 15 is 0 Å². The minimum atomic E-state index is 0. The average Bonchev–Trinajstić information content (AvgIpc) is 2.80. The lowest BCUT2D eigenvalue weighted by Crippen LogP contribution is -2.44. The summed E-state index contributed by atoms with van der Waals surface area (Å²) >= 11 is 1.73. The van der Waals surface area contributed by atoms with Gasteiger partial charge in [-0.25, -0.2) is 0 Å². The molecule has 0 bridgehead atoms. The minimum absolute atomic E-state index is 0. The molecule has 0 saturated heterocycles. The molecule has 1 heterocycles. The normalized spacial score (nSPS) is 11.9. The molecule has 0 radical (unpaired) electrons. The van der Waals surface area contributed by atoms with Gasteiger partial charge < -0.3 is 15.5 Å². The summed E-state index contributed by atoms with van der Waals surface area (Å²) in [6.45, 7) is 9.20. The van der Waals surface area contributed by atoms with E-state index in [-0.39, 0.29) is 29.5 Å². The van der Waals surface area contributed by atoms with Crippen LogP contribution in [0.1, 0.15) is 26.3 Å². The monoisotopic (exact) mass is 410 g/mol. The van der Waals surface area contributed by atoms with Crippen molar-refractivity contribution in [3.63, 3.8) is 0 Å². The van der Waals surface area contributed by atoms with Crippen molar-refractivity contribution in [2.45, 2.75) is 32.9 Å². The van der Waals surface area contributed by atoms with Gasteiger partial charge in [-0.15, -0.1) is 24.0 Å². The van der Waals surface area contributed by atoms with Gasteiger partial charge in [-0.3, -0.25) is 4.99 Å². The predicted octanol–water partition coefficient (Wildman–Crippen LogP) is 2.76. The molecular formula is C14H27IN4S. The molecule has 0 fully saturated rings. The fraction of sp³-hybridized carbons (Fsp3) is 0.643. The van der Waals surface area contributed by atoms with Gasteiger partial charge in [0.2, 0.25) is 0 Å². The summed E-state index contributed by atoms with van der Waals surface area (Å²) < 4.78 is 0. The molecule has 1 aromatic heterocycles. The van der Waals surface area contributed by atoms with E-state index in [0.717, 1.165) is 25.6 Å². The summed E-state index contributed by atoms with van der Waals surface area (Å²) in [5, 5.41) is 11.1. The number of rotatable bonds is 5. The summed E-state index contributed by atoms with van der Waals surface area (Å²) in [7, 11) is 3.88. The van der Waals surface area contributed by atoms with Gasteiger partial charge in [0.1, 0.15) is 0 Å². The molecule has 0 unspecified atom stereocenters. The van der Waals surface area contributed by atoms with E-state index < -0.39 is 0 Å². The molecule has 0 atom stereocenters. The van der Waals surface area contributed by atoms with E-state index in [4.69, 9.17) is 0 Å². The van der Waals surface area contributed by atoms with E-state index in [9.17, 15) is 0 Å². The molecule has 0 amide bonds. The topological polar surface area (TPSA) is 39.7 Å². The Kier molecular flexibility index (Phi) is 9.41. The van der Waals surface area contributed by atoms with E-state index in [1.165, 1.54) is 5.56 Å². The van der Waals surface area contributed by atoms with Gasteiger partial charge in [0.15, 0.2) is 5.96 Å². The maximum absolute atomic E-state index is 4.31. The molecule has 0 aliphatic heterocycles. The van der Waals surface area contributed by atoms with Crippen molar-refractivity contribution in [2.75, 3.05) is 27.2 Å². The van der Waals surface area contributed by atoms with Gasteiger partial charge in [-0.1, -0.05) is 0 Å². The Bertz CT molecular complexity index is 384. The second kappa shape index (κ2) is 9.57. The molecule has 2 N–H and O–H groups in total. The number of nitrogens with zero attached hydrogens (tertiary/aromatic N) is 2. The third-order valence-electron chi connectivity index (χ3n) is 2.64. The van der Waals surface area contributed by atoms with Crippen LogP contribution in [0.25, 0.3) is 0 Å². The SMILES string of the molecule is CN=C(NCCNC(C)(C)C)N(C)Cc1ccsc1.I. The second-order valence-electron chi connectivity index (χ2n) is 5.64. The summed E-state index contributed by atoms with van der Waals surface area (Å²) in [6, 6.07) is 2.15. The Balaban J connectivity index is 0.00000361. The maximum Gasteiger partial charge on any atom is 0.193 e. The number of hydrogen-bond donors (Lipinski definition) is 2. The Morgan fingerprint density at radius 3 is 2.55 bits per heavy atom. The van der Waals surface area contributed by atoms with Gasteiger partial charge in [-0.2, -0.15) is 11.3 Å². The van der Waals surface area contributed by atoms with Crippen LogP contribution in [0.15, 0.2) is 21.8 Å². The molecule has 0 aliphatic carbocycles. The van der Waals surface area contributed by atoms with Crippen LogP contribution in [0.4, 0.5) is 0 Å². The van der Waals surface area contributed by atoms with E-state index in [1.54, 1.807) is 11.3 Å². The quantitative estimate of drug-likeness (QED) is 0.340. The molecule has 0 saturated carbocycles. The van der Waals surface area contributed by atoms with Crippen LogP contribution in [0.3, 0.4) is 0 Å². The molecule has 4 nitrogen and oxygen atoms in total. The first-order valence-electron chi connectivity index (χ1n) is 6.60. The summed E-state index contributed by atoms with van der Waals surface area (Å²) in [5.74, 6) is 0.932. The van der Waals surface area contributed by atoms with E-state index in [2.05, 4.69) is 65.2 Å². The van der Waals surface area contributed by atoms with Crippen molar-refractivity contribution in [3.05, 3.63) is 22.4 Å². The van der Waals surface area contributed by atoms with Crippen LogP contribution in [0.5, 0.6) is 0 Å². The lowest BCUT2D eigenvalue weighted by molar-refractivity contribution is 0.422. The Morgan fingerprint density at radius 2 is 2.05 bits per heavy atom. The maximum atomic E-state index is 4.31. The highest BCUT2D eigenvalue weighted by molar-refractivity contribution is 14.0. The van der Waals surface area contributed by atoms with E-state index in [1.807, 2.05) is 7.05 Å². The summed E-state index contributed by atoms with van der Waals surface area (Å²) in [4.78, 5) is 6.45. The molecular weight excluding hydrogens is 383 g/mol. The predicted molar refractivity (Wildman–Crippen MR) is 100 cm³/mol. The first-order chi connectivity index (χ1) is 8.92. The van der Waals surface area contributed by atoms with Crippen LogP contribution in [0, 0.1) is 0 Å². The van der Waals surface area contributed by atoms with Crippen molar-refractivity contribution in [1.82, 2.24) is 15.5 Å². The van der Waals surface area contributed by atoms with Crippen LogP contribution in [0.2, 0.25) is 0 Å². The highest BCUT2D eigenvalue weighted by Crippen LogP contribution is 2.08. The first-order valence-corrected chi connectivity index (χ1v) is 7.54. The molecule has 20 heavy (non-hydrogen) atoms. The highest BCUT2D eigenvalue weighted by atomic mass is 127. The summed E-state index contributed by atoms with van der Waals surface area (Å²) in [6.07, 6.45) is 0. The minimum Gasteiger partial charge on any atom is -0.355 e. The van der Waals surface area contributed by atoms with Crippen molar-refractivity contribution in [3.8, 4) is 0 Å². The van der Waals surface area contributed by atoms with Gasteiger partial charge >= 0.3 is 0 Å². The van der Waals surface area contributed by atoms with Crippen LogP contribution < -0.4 is 10.6 Å². The van der Waals surface area contributed by atoms with E-state index in [0.29, 0.717) is 0 Å². The fourth-order valence-electron chi connectivity index (χ4n) is 1.73. The highest BCUT2D eigenvalue weighted by Gasteiger charge is 2.09. The van der Waals surface area contributed by atoms with Gasteiger partial charge in [-0.05, 0) is 43.2 Å². The summed E-state index contributed by atoms with van der Waals surface area (Å²) in [5.41, 5.74) is 1.48. The van der Waals surface area contributed by atoms with Crippen LogP contribution in [-0.2, 0) is 6.54 Å². The van der Waals surface area contributed by atoms with Gasteiger partial charge in [0, 0.05) is 39.3 Å². The van der Waals surface area contributed by atoms with Gasteiger partial charge in [0.25, 0.3) is 0 Å². The Morgan fingerprint density at radius 1 is 1.35 bits per heavy atom. The van der Waals surface area contributed by atoms with Crippen LogP contribution >= 0.6 is 35.3 Å². The second-order valence-corrected chi connectivity index (χ2v) is 6.42. The number of hydrogen-bond acceptors (Lipinski definition) is 3. The molecule has 0 aromatic carbocycles. The molecule has 0 aliphatic rings. The van der Waals surface area contributed by atoms with Crippen LogP contribution in [-0.4, -0.2) is 43.6 Å².